The Labute approximate surface area is 192 Å². The molecule has 34 heavy (non-hydrogen) atoms. The number of fused-ring (bicyclic) bond motifs is 1. The number of halogens is 2. The molecule has 0 unspecified atom stereocenters. The van der Waals surface area contributed by atoms with Gasteiger partial charge in [0, 0.05) is 19.2 Å². The number of esters is 1. The summed E-state index contributed by atoms with van der Waals surface area (Å²) in [6.07, 6.45) is 0. The number of Topliss-reactive ketones (excluding diaryl/α,β-unsaturated/α-hetero) is 1. The lowest BCUT2D eigenvalue weighted by molar-refractivity contribution is -0.130. The Morgan fingerprint density at radius 3 is 2.21 bits per heavy atom. The Balaban J connectivity index is 1.50. The zero-order valence-electron chi connectivity index (χ0n) is 18.2. The minimum Gasteiger partial charge on any atom is -0.454 e. The summed E-state index contributed by atoms with van der Waals surface area (Å²) in [5.41, 5.74) is -2.37. The highest BCUT2D eigenvalue weighted by Gasteiger charge is 2.47. The Kier molecular flexibility index (Phi) is 5.64. The number of nitrogens with one attached hydrogen (secondary N) is 1. The number of carbonyl (C=O) groups excluding carboxylic acids is 5. The van der Waals surface area contributed by atoms with Crippen LogP contribution in [0.25, 0.3) is 0 Å². The van der Waals surface area contributed by atoms with Gasteiger partial charge in [0.05, 0.1) is 22.4 Å². The van der Waals surface area contributed by atoms with Gasteiger partial charge in [0.2, 0.25) is 0 Å². The SMILES string of the molecule is CC(C)(C(=O)COC(=O)c1cc(N2CCNC2=O)c(F)cc1F)N1C(=O)c2ccccc2C1=O. The van der Waals surface area contributed by atoms with Crippen LogP contribution in [0.5, 0.6) is 0 Å². The third-order valence-electron chi connectivity index (χ3n) is 5.77. The van der Waals surface area contributed by atoms with Crippen LogP contribution in [0.1, 0.15) is 44.9 Å². The summed E-state index contributed by atoms with van der Waals surface area (Å²) in [7, 11) is 0. The van der Waals surface area contributed by atoms with E-state index in [0.717, 1.165) is 15.9 Å². The molecule has 1 fully saturated rings. The summed E-state index contributed by atoms with van der Waals surface area (Å²) in [6, 6.07) is 6.77. The van der Waals surface area contributed by atoms with E-state index in [4.69, 9.17) is 4.74 Å². The molecule has 2 aromatic carbocycles. The Bertz CT molecular complexity index is 1220. The lowest BCUT2D eigenvalue weighted by atomic mass is 9.97. The first-order valence-corrected chi connectivity index (χ1v) is 10.3. The van der Waals surface area contributed by atoms with Crippen molar-refractivity contribution in [2.24, 2.45) is 0 Å². The van der Waals surface area contributed by atoms with E-state index in [9.17, 15) is 32.8 Å². The van der Waals surface area contributed by atoms with E-state index < -0.39 is 58.9 Å². The van der Waals surface area contributed by atoms with E-state index in [1.165, 1.54) is 26.0 Å². The molecule has 1 N–H and O–H groups in total. The fraction of sp³-hybridized carbons (Fsp3) is 0.261. The highest BCUT2D eigenvalue weighted by atomic mass is 19.1. The van der Waals surface area contributed by atoms with Crippen LogP contribution in [0.15, 0.2) is 36.4 Å². The van der Waals surface area contributed by atoms with E-state index in [1.54, 1.807) is 12.1 Å². The van der Waals surface area contributed by atoms with Crippen molar-refractivity contribution in [3.8, 4) is 0 Å². The van der Waals surface area contributed by atoms with Crippen LogP contribution in [0.2, 0.25) is 0 Å². The van der Waals surface area contributed by atoms with Crippen LogP contribution in [0, 0.1) is 11.6 Å². The fourth-order valence-electron chi connectivity index (χ4n) is 3.81. The smallest absolute Gasteiger partial charge is 0.341 e. The molecular formula is C23H19F2N3O6. The summed E-state index contributed by atoms with van der Waals surface area (Å²) in [5.74, 6) is -5.68. The molecule has 9 nitrogen and oxygen atoms in total. The molecule has 11 heteroatoms. The second-order valence-corrected chi connectivity index (χ2v) is 8.22. The molecule has 0 aromatic heterocycles. The summed E-state index contributed by atoms with van der Waals surface area (Å²) in [6.45, 7) is 2.13. The molecule has 4 rings (SSSR count). The number of hydrogen-bond acceptors (Lipinski definition) is 6. The number of rotatable bonds is 6. The average Bonchev–Trinajstić information content (AvgIpc) is 3.33. The summed E-state index contributed by atoms with van der Waals surface area (Å²) in [4.78, 5) is 64.3. The highest BCUT2D eigenvalue weighted by molar-refractivity contribution is 6.23. The van der Waals surface area contributed by atoms with Crippen molar-refractivity contribution < 1.29 is 37.5 Å². The molecule has 0 atom stereocenters. The van der Waals surface area contributed by atoms with Gasteiger partial charge < -0.3 is 10.1 Å². The van der Waals surface area contributed by atoms with E-state index in [-0.39, 0.29) is 29.9 Å². The van der Waals surface area contributed by atoms with E-state index in [2.05, 4.69) is 5.32 Å². The minimum atomic E-state index is -1.67. The Morgan fingerprint density at radius 2 is 1.65 bits per heavy atom. The van der Waals surface area contributed by atoms with Crippen molar-refractivity contribution in [3.05, 3.63) is 64.7 Å². The van der Waals surface area contributed by atoms with Gasteiger partial charge in [-0.1, -0.05) is 12.1 Å². The quantitative estimate of drug-likeness (QED) is 0.511. The Morgan fingerprint density at radius 1 is 1.03 bits per heavy atom. The predicted octanol–water partition coefficient (Wildman–Crippen LogP) is 2.30. The maximum Gasteiger partial charge on any atom is 0.341 e. The highest BCUT2D eigenvalue weighted by Crippen LogP contribution is 2.30. The van der Waals surface area contributed by atoms with Crippen molar-refractivity contribution >= 4 is 35.3 Å². The van der Waals surface area contributed by atoms with Gasteiger partial charge in [-0.25, -0.2) is 18.4 Å². The fourth-order valence-corrected chi connectivity index (χ4v) is 3.81. The summed E-state index contributed by atoms with van der Waals surface area (Å²) in [5, 5.41) is 2.46. The number of anilines is 1. The van der Waals surface area contributed by atoms with E-state index in [1.807, 2.05) is 0 Å². The van der Waals surface area contributed by atoms with Crippen LogP contribution >= 0.6 is 0 Å². The van der Waals surface area contributed by atoms with Crippen molar-refractivity contribution in [1.29, 1.82) is 0 Å². The van der Waals surface area contributed by atoms with Gasteiger partial charge in [0.1, 0.15) is 17.2 Å². The van der Waals surface area contributed by atoms with Gasteiger partial charge in [-0.05, 0) is 32.0 Å². The molecule has 2 aromatic rings. The number of hydrogen-bond donors (Lipinski definition) is 1. The Hall–Kier alpha value is -4.15. The second-order valence-electron chi connectivity index (χ2n) is 8.22. The zero-order chi connectivity index (χ0) is 24.8. The molecule has 0 bridgehead atoms. The molecule has 0 saturated carbocycles. The van der Waals surface area contributed by atoms with Crippen LogP contribution in [-0.4, -0.2) is 59.7 Å². The topological polar surface area (TPSA) is 113 Å². The number of amides is 4. The third kappa shape index (κ3) is 3.68. The first kappa shape index (κ1) is 23.0. The monoisotopic (exact) mass is 471 g/mol. The maximum atomic E-state index is 14.3. The number of carbonyl (C=O) groups is 5. The third-order valence-corrected chi connectivity index (χ3v) is 5.77. The molecule has 0 spiro atoms. The maximum absolute atomic E-state index is 14.3. The van der Waals surface area contributed by atoms with E-state index in [0.29, 0.717) is 6.07 Å². The van der Waals surface area contributed by atoms with Gasteiger partial charge in [0.15, 0.2) is 12.4 Å². The van der Waals surface area contributed by atoms with Gasteiger partial charge in [-0.15, -0.1) is 0 Å². The number of nitrogens with zero attached hydrogens (tertiary/aromatic N) is 2. The predicted molar refractivity (Wildman–Crippen MR) is 113 cm³/mol. The van der Waals surface area contributed by atoms with Gasteiger partial charge in [-0.3, -0.25) is 24.2 Å². The van der Waals surface area contributed by atoms with Crippen molar-refractivity contribution in [2.45, 2.75) is 19.4 Å². The number of ketones is 1. The molecule has 4 amide bonds. The van der Waals surface area contributed by atoms with Crippen LogP contribution < -0.4 is 10.2 Å². The van der Waals surface area contributed by atoms with E-state index >= 15 is 0 Å². The minimum absolute atomic E-state index is 0.114. The lowest BCUT2D eigenvalue weighted by Crippen LogP contribution is -2.54. The molecule has 2 aliphatic heterocycles. The second kappa shape index (κ2) is 8.32. The molecule has 0 aliphatic carbocycles. The lowest BCUT2D eigenvalue weighted by Gasteiger charge is -2.32. The molecule has 1 saturated heterocycles. The number of imide groups is 1. The van der Waals surface area contributed by atoms with Crippen molar-refractivity contribution in [1.82, 2.24) is 10.2 Å². The molecular weight excluding hydrogens is 452 g/mol. The van der Waals surface area contributed by atoms with Gasteiger partial charge in [0.25, 0.3) is 11.8 Å². The molecule has 0 radical (unpaired) electrons. The average molecular weight is 471 g/mol. The first-order valence-electron chi connectivity index (χ1n) is 10.3. The van der Waals surface area contributed by atoms with Crippen LogP contribution in [0.3, 0.4) is 0 Å². The normalized spacial score (nSPS) is 15.5. The van der Waals surface area contributed by atoms with Crippen LogP contribution in [-0.2, 0) is 9.53 Å². The largest absolute Gasteiger partial charge is 0.454 e. The van der Waals surface area contributed by atoms with Crippen LogP contribution in [0.4, 0.5) is 19.3 Å². The molecule has 2 heterocycles. The molecule has 2 aliphatic rings. The summed E-state index contributed by atoms with van der Waals surface area (Å²) >= 11 is 0. The number of ether oxygens (including phenoxy) is 1. The standard InChI is InChI=1S/C23H19F2N3O6/c1-23(2,28-19(30)12-5-3-4-6-13(12)20(28)31)18(29)11-34-21(32)14-9-17(16(25)10-15(14)24)27-8-7-26-22(27)33/h3-6,9-10H,7-8,11H2,1-2H3,(H,26,33). The van der Waals surface area contributed by atoms with Crippen molar-refractivity contribution in [2.75, 3.05) is 24.6 Å². The molecule has 176 valence electrons. The first-order chi connectivity index (χ1) is 16.0. The van der Waals surface area contributed by atoms with Gasteiger partial charge >= 0.3 is 12.0 Å². The number of benzene rings is 2. The zero-order valence-corrected chi connectivity index (χ0v) is 18.2. The van der Waals surface area contributed by atoms with Gasteiger partial charge in [-0.2, -0.15) is 0 Å². The summed E-state index contributed by atoms with van der Waals surface area (Å²) < 4.78 is 33.4. The number of urea groups is 1. The van der Waals surface area contributed by atoms with Crippen molar-refractivity contribution in [3.63, 3.8) is 0 Å².